The molecule has 128 valence electrons. The first-order valence-electron chi connectivity index (χ1n) is 8.02. The number of rotatable bonds is 5. The SMILES string of the molecule is Cc1cc(N)nc(C)c1CNC(=O)c1csc(Cc2ccccc2)n1. The Morgan fingerprint density at radius 1 is 1.20 bits per heavy atom. The van der Waals surface area contributed by atoms with Crippen LogP contribution in [0.4, 0.5) is 5.82 Å². The Hall–Kier alpha value is -2.73. The molecule has 2 aromatic heterocycles. The van der Waals surface area contributed by atoms with Crippen molar-refractivity contribution in [1.29, 1.82) is 0 Å². The summed E-state index contributed by atoms with van der Waals surface area (Å²) in [6, 6.07) is 11.9. The van der Waals surface area contributed by atoms with E-state index in [-0.39, 0.29) is 5.91 Å². The average Bonchev–Trinajstić information content (AvgIpc) is 3.03. The van der Waals surface area contributed by atoms with E-state index in [1.54, 1.807) is 5.38 Å². The highest BCUT2D eigenvalue weighted by Crippen LogP contribution is 2.16. The van der Waals surface area contributed by atoms with Gasteiger partial charge in [-0.3, -0.25) is 4.79 Å². The lowest BCUT2D eigenvalue weighted by atomic mass is 10.1. The van der Waals surface area contributed by atoms with Crippen LogP contribution in [0.3, 0.4) is 0 Å². The van der Waals surface area contributed by atoms with Gasteiger partial charge in [-0.2, -0.15) is 0 Å². The fourth-order valence-electron chi connectivity index (χ4n) is 2.68. The highest BCUT2D eigenvalue weighted by molar-refractivity contribution is 7.09. The van der Waals surface area contributed by atoms with Crippen molar-refractivity contribution in [2.24, 2.45) is 0 Å². The summed E-state index contributed by atoms with van der Waals surface area (Å²) in [6.45, 7) is 4.27. The smallest absolute Gasteiger partial charge is 0.271 e. The number of nitrogen functional groups attached to an aromatic ring is 1. The molecule has 0 radical (unpaired) electrons. The summed E-state index contributed by atoms with van der Waals surface area (Å²) in [5, 5.41) is 5.65. The van der Waals surface area contributed by atoms with Crippen LogP contribution in [-0.4, -0.2) is 15.9 Å². The van der Waals surface area contributed by atoms with Crippen LogP contribution >= 0.6 is 11.3 Å². The lowest BCUT2D eigenvalue weighted by molar-refractivity contribution is 0.0946. The molecule has 0 saturated heterocycles. The van der Waals surface area contributed by atoms with E-state index >= 15 is 0 Å². The highest BCUT2D eigenvalue weighted by Gasteiger charge is 2.13. The lowest BCUT2D eigenvalue weighted by Gasteiger charge is -2.10. The summed E-state index contributed by atoms with van der Waals surface area (Å²) in [4.78, 5) is 21.1. The Bertz CT molecular complexity index is 866. The number of aryl methyl sites for hydroxylation is 2. The minimum absolute atomic E-state index is 0.175. The molecule has 25 heavy (non-hydrogen) atoms. The Balaban J connectivity index is 1.64. The summed E-state index contributed by atoms with van der Waals surface area (Å²) >= 11 is 1.50. The second-order valence-corrected chi connectivity index (χ2v) is 6.84. The van der Waals surface area contributed by atoms with E-state index in [0.717, 1.165) is 28.2 Å². The van der Waals surface area contributed by atoms with Gasteiger partial charge in [0, 0.05) is 24.0 Å². The number of hydrogen-bond donors (Lipinski definition) is 2. The number of nitrogens with two attached hydrogens (primary N) is 1. The minimum Gasteiger partial charge on any atom is -0.384 e. The first-order valence-corrected chi connectivity index (χ1v) is 8.90. The van der Waals surface area contributed by atoms with Crippen LogP contribution in [-0.2, 0) is 13.0 Å². The van der Waals surface area contributed by atoms with Crippen LogP contribution in [0.5, 0.6) is 0 Å². The molecule has 0 saturated carbocycles. The molecule has 0 unspecified atom stereocenters. The number of aromatic nitrogens is 2. The van der Waals surface area contributed by atoms with Gasteiger partial charge in [-0.15, -0.1) is 11.3 Å². The number of carbonyl (C=O) groups is 1. The monoisotopic (exact) mass is 352 g/mol. The number of benzene rings is 1. The van der Waals surface area contributed by atoms with Crippen molar-refractivity contribution in [3.63, 3.8) is 0 Å². The number of thiazole rings is 1. The predicted molar refractivity (Wildman–Crippen MR) is 101 cm³/mol. The van der Waals surface area contributed by atoms with Crippen molar-refractivity contribution in [3.05, 3.63) is 74.9 Å². The molecule has 0 bridgehead atoms. The summed E-state index contributed by atoms with van der Waals surface area (Å²) in [6.07, 6.45) is 0.735. The van der Waals surface area contributed by atoms with Crippen molar-refractivity contribution < 1.29 is 4.79 Å². The third-order valence-electron chi connectivity index (χ3n) is 3.98. The first-order chi connectivity index (χ1) is 12.0. The molecule has 3 N–H and O–H groups in total. The van der Waals surface area contributed by atoms with Crippen molar-refractivity contribution in [2.75, 3.05) is 5.73 Å². The zero-order valence-electron chi connectivity index (χ0n) is 14.2. The van der Waals surface area contributed by atoms with Gasteiger partial charge in [0.2, 0.25) is 0 Å². The molecule has 3 aromatic rings. The molecule has 5 nitrogen and oxygen atoms in total. The van der Waals surface area contributed by atoms with Crippen LogP contribution in [0, 0.1) is 13.8 Å². The summed E-state index contributed by atoms with van der Waals surface area (Å²) in [5.41, 5.74) is 10.2. The van der Waals surface area contributed by atoms with Crippen LogP contribution in [0.15, 0.2) is 41.8 Å². The van der Waals surface area contributed by atoms with Gasteiger partial charge in [0.15, 0.2) is 0 Å². The normalized spacial score (nSPS) is 10.6. The molecule has 1 aromatic carbocycles. The fourth-order valence-corrected chi connectivity index (χ4v) is 3.49. The second kappa shape index (κ2) is 7.44. The Morgan fingerprint density at radius 2 is 1.96 bits per heavy atom. The maximum absolute atomic E-state index is 12.4. The van der Waals surface area contributed by atoms with E-state index in [9.17, 15) is 4.79 Å². The third kappa shape index (κ3) is 4.22. The number of nitrogens with one attached hydrogen (secondary N) is 1. The molecular weight excluding hydrogens is 332 g/mol. The van der Waals surface area contributed by atoms with Crippen molar-refractivity contribution in [2.45, 2.75) is 26.8 Å². The van der Waals surface area contributed by atoms with Crippen LogP contribution in [0.25, 0.3) is 0 Å². The molecular formula is C19H20N4OS. The van der Waals surface area contributed by atoms with Crippen LogP contribution in [0.1, 0.15) is 37.9 Å². The average molecular weight is 352 g/mol. The maximum atomic E-state index is 12.4. The predicted octanol–water partition coefficient (Wildman–Crippen LogP) is 3.26. The molecule has 6 heteroatoms. The van der Waals surface area contributed by atoms with Crippen molar-refractivity contribution in [1.82, 2.24) is 15.3 Å². The van der Waals surface area contributed by atoms with E-state index in [0.29, 0.717) is 18.1 Å². The summed E-state index contributed by atoms with van der Waals surface area (Å²) in [5.74, 6) is 0.321. The van der Waals surface area contributed by atoms with E-state index in [2.05, 4.69) is 27.4 Å². The molecule has 0 atom stereocenters. The molecule has 0 aliphatic carbocycles. The number of carbonyl (C=O) groups excluding carboxylic acids is 1. The van der Waals surface area contributed by atoms with Gasteiger partial charge < -0.3 is 11.1 Å². The number of nitrogens with zero attached hydrogens (tertiary/aromatic N) is 2. The van der Waals surface area contributed by atoms with Gasteiger partial charge in [-0.1, -0.05) is 30.3 Å². The topological polar surface area (TPSA) is 80.9 Å². The van der Waals surface area contributed by atoms with Gasteiger partial charge in [0.1, 0.15) is 11.5 Å². The van der Waals surface area contributed by atoms with Crippen LogP contribution in [0.2, 0.25) is 0 Å². The molecule has 0 aliphatic rings. The lowest BCUT2D eigenvalue weighted by Crippen LogP contribution is -2.24. The standard InChI is InChI=1S/C19H20N4OS/c1-12-8-17(20)22-13(2)15(12)10-21-19(24)16-11-25-18(23-16)9-14-6-4-3-5-7-14/h3-8,11H,9-10H2,1-2H3,(H2,20,22)(H,21,24). The Morgan fingerprint density at radius 3 is 2.68 bits per heavy atom. The first kappa shape index (κ1) is 17.1. The molecule has 0 aliphatic heterocycles. The highest BCUT2D eigenvalue weighted by atomic mass is 32.1. The number of amides is 1. The van der Waals surface area contributed by atoms with E-state index in [1.165, 1.54) is 16.9 Å². The van der Waals surface area contributed by atoms with E-state index in [4.69, 9.17) is 5.73 Å². The van der Waals surface area contributed by atoms with Crippen molar-refractivity contribution >= 4 is 23.1 Å². The number of anilines is 1. The van der Waals surface area contributed by atoms with Crippen molar-refractivity contribution in [3.8, 4) is 0 Å². The maximum Gasteiger partial charge on any atom is 0.271 e. The fraction of sp³-hybridized carbons (Fsp3) is 0.211. The Kier molecular flexibility index (Phi) is 5.09. The van der Waals surface area contributed by atoms with E-state index < -0.39 is 0 Å². The molecule has 1 amide bonds. The largest absolute Gasteiger partial charge is 0.384 e. The van der Waals surface area contributed by atoms with Gasteiger partial charge in [0.05, 0.1) is 5.01 Å². The zero-order valence-corrected chi connectivity index (χ0v) is 15.1. The summed E-state index contributed by atoms with van der Waals surface area (Å²) < 4.78 is 0. The third-order valence-corrected chi connectivity index (χ3v) is 4.83. The molecule has 3 rings (SSSR count). The molecule has 0 fully saturated rings. The number of hydrogen-bond acceptors (Lipinski definition) is 5. The minimum atomic E-state index is -0.175. The molecule has 2 heterocycles. The second-order valence-electron chi connectivity index (χ2n) is 5.90. The van der Waals surface area contributed by atoms with Gasteiger partial charge in [-0.25, -0.2) is 9.97 Å². The Labute approximate surface area is 151 Å². The summed E-state index contributed by atoms with van der Waals surface area (Å²) in [7, 11) is 0. The van der Waals surface area contributed by atoms with Crippen LogP contribution < -0.4 is 11.1 Å². The van der Waals surface area contributed by atoms with Gasteiger partial charge in [-0.05, 0) is 36.6 Å². The number of pyridine rings is 1. The molecule has 0 spiro atoms. The zero-order chi connectivity index (χ0) is 17.8. The van der Waals surface area contributed by atoms with E-state index in [1.807, 2.05) is 38.1 Å². The van der Waals surface area contributed by atoms with Gasteiger partial charge in [0.25, 0.3) is 5.91 Å². The van der Waals surface area contributed by atoms with Gasteiger partial charge >= 0.3 is 0 Å². The quantitative estimate of drug-likeness (QED) is 0.738.